The Morgan fingerprint density at radius 3 is 2.83 bits per heavy atom. The second-order valence-electron chi connectivity index (χ2n) is 4.66. The molecule has 0 aliphatic rings. The van der Waals surface area contributed by atoms with Crippen molar-refractivity contribution in [1.29, 1.82) is 0 Å². The smallest absolute Gasteiger partial charge is 0.272 e. The van der Waals surface area contributed by atoms with E-state index in [1.807, 2.05) is 0 Å². The molecule has 0 aliphatic heterocycles. The van der Waals surface area contributed by atoms with Crippen molar-refractivity contribution in [2.24, 2.45) is 0 Å². The first-order valence-electron chi connectivity index (χ1n) is 6.60. The Balaban J connectivity index is 2.03. The molecule has 5 nitrogen and oxygen atoms in total. The van der Waals surface area contributed by atoms with E-state index in [-0.39, 0.29) is 22.6 Å². The number of fused-ring (bicyclic) bond motifs is 1. The number of halogens is 3. The zero-order valence-corrected chi connectivity index (χ0v) is 11.6. The summed E-state index contributed by atoms with van der Waals surface area (Å²) in [4.78, 5) is 22.6. The van der Waals surface area contributed by atoms with Gasteiger partial charge in [-0.15, -0.1) is 0 Å². The molecule has 0 unspecified atom stereocenters. The third kappa shape index (κ3) is 3.31. The van der Waals surface area contributed by atoms with E-state index in [4.69, 9.17) is 4.74 Å². The van der Waals surface area contributed by atoms with Crippen LogP contribution in [0.1, 0.15) is 0 Å². The number of nitrogens with zero attached hydrogens (tertiary/aromatic N) is 2. The van der Waals surface area contributed by atoms with Crippen molar-refractivity contribution in [3.05, 3.63) is 52.7 Å². The van der Waals surface area contributed by atoms with Gasteiger partial charge in [0.2, 0.25) is 5.88 Å². The molecule has 118 valence electrons. The number of pyridine rings is 1. The molecule has 3 aromatic rings. The van der Waals surface area contributed by atoms with E-state index in [1.54, 1.807) is 0 Å². The monoisotopic (exact) mass is 321 g/mol. The van der Waals surface area contributed by atoms with Gasteiger partial charge in [-0.3, -0.25) is 4.79 Å². The number of hydrogen-bond acceptors (Lipinski definition) is 4. The lowest BCUT2D eigenvalue weighted by Crippen LogP contribution is -2.10. The van der Waals surface area contributed by atoms with Crippen molar-refractivity contribution < 1.29 is 17.9 Å². The minimum atomic E-state index is -2.62. The van der Waals surface area contributed by atoms with Gasteiger partial charge in [0.25, 0.3) is 12.0 Å². The highest BCUT2D eigenvalue weighted by atomic mass is 19.3. The van der Waals surface area contributed by atoms with Crippen molar-refractivity contribution in [3.63, 3.8) is 0 Å². The van der Waals surface area contributed by atoms with Gasteiger partial charge in [-0.25, -0.2) is 23.1 Å². The summed E-state index contributed by atoms with van der Waals surface area (Å²) in [7, 11) is 0. The van der Waals surface area contributed by atoms with Gasteiger partial charge in [-0.2, -0.15) is 0 Å². The SMILES string of the molecule is O=c1[nH]c(-c2ccnc(OCC(F)F)c2)nc2cc(F)ccc12. The predicted molar refractivity (Wildman–Crippen MR) is 77.1 cm³/mol. The molecule has 3 rings (SSSR count). The van der Waals surface area contributed by atoms with Crippen LogP contribution in [0.15, 0.2) is 41.3 Å². The molecule has 23 heavy (non-hydrogen) atoms. The Morgan fingerprint density at radius 1 is 1.22 bits per heavy atom. The molecule has 2 heterocycles. The molecule has 0 saturated carbocycles. The minimum absolute atomic E-state index is 0.0233. The molecular formula is C15H10F3N3O2. The second-order valence-corrected chi connectivity index (χ2v) is 4.66. The molecule has 0 saturated heterocycles. The third-order valence-corrected chi connectivity index (χ3v) is 3.03. The van der Waals surface area contributed by atoms with Crippen molar-refractivity contribution >= 4 is 10.9 Å². The summed E-state index contributed by atoms with van der Waals surface area (Å²) >= 11 is 0. The summed E-state index contributed by atoms with van der Waals surface area (Å²) in [5.74, 6) is -0.376. The van der Waals surface area contributed by atoms with Crippen LogP contribution in [0.2, 0.25) is 0 Å². The first kappa shape index (κ1) is 15.0. The van der Waals surface area contributed by atoms with Crippen LogP contribution in [0.3, 0.4) is 0 Å². The highest BCUT2D eigenvalue weighted by Crippen LogP contribution is 2.20. The fraction of sp³-hybridized carbons (Fsp3) is 0.133. The molecule has 1 N–H and O–H groups in total. The molecule has 0 amide bonds. The number of H-pyrrole nitrogens is 1. The van der Waals surface area contributed by atoms with Crippen LogP contribution in [0, 0.1) is 5.82 Å². The maximum absolute atomic E-state index is 13.3. The van der Waals surface area contributed by atoms with Gasteiger partial charge < -0.3 is 9.72 Å². The van der Waals surface area contributed by atoms with Crippen LogP contribution in [0.5, 0.6) is 5.88 Å². The van der Waals surface area contributed by atoms with Crippen LogP contribution in [0.4, 0.5) is 13.2 Å². The van der Waals surface area contributed by atoms with E-state index in [0.29, 0.717) is 5.56 Å². The first-order chi connectivity index (χ1) is 11.0. The van der Waals surface area contributed by atoms with Gasteiger partial charge in [0.1, 0.15) is 11.6 Å². The van der Waals surface area contributed by atoms with E-state index >= 15 is 0 Å². The van der Waals surface area contributed by atoms with Crippen LogP contribution < -0.4 is 10.3 Å². The van der Waals surface area contributed by atoms with E-state index < -0.39 is 24.4 Å². The molecular weight excluding hydrogens is 311 g/mol. The summed E-state index contributed by atoms with van der Waals surface area (Å²) < 4.78 is 42.4. The maximum atomic E-state index is 13.3. The standard InChI is InChI=1S/C15H10F3N3O2/c16-9-1-2-10-11(6-9)20-14(21-15(10)22)8-3-4-19-13(5-8)23-7-12(17)18/h1-6,12H,7H2,(H,20,21,22). The fourth-order valence-electron chi connectivity index (χ4n) is 2.03. The average Bonchev–Trinajstić information content (AvgIpc) is 2.52. The van der Waals surface area contributed by atoms with Crippen molar-refractivity contribution in [1.82, 2.24) is 15.0 Å². The molecule has 1 aromatic carbocycles. The number of nitrogens with one attached hydrogen (secondary N) is 1. The van der Waals surface area contributed by atoms with Crippen LogP contribution >= 0.6 is 0 Å². The largest absolute Gasteiger partial charge is 0.472 e. The first-order valence-corrected chi connectivity index (χ1v) is 6.60. The summed E-state index contributed by atoms with van der Waals surface area (Å²) in [6, 6.07) is 6.54. The fourth-order valence-corrected chi connectivity index (χ4v) is 2.03. The number of alkyl halides is 2. The van der Waals surface area contributed by atoms with E-state index in [2.05, 4.69) is 15.0 Å². The van der Waals surface area contributed by atoms with Crippen molar-refractivity contribution in [3.8, 4) is 17.3 Å². The maximum Gasteiger partial charge on any atom is 0.272 e. The number of aromatic nitrogens is 3. The number of aromatic amines is 1. The van der Waals surface area contributed by atoms with Crippen molar-refractivity contribution in [2.45, 2.75) is 6.43 Å². The van der Waals surface area contributed by atoms with Crippen molar-refractivity contribution in [2.75, 3.05) is 6.61 Å². The quantitative estimate of drug-likeness (QED) is 0.802. The number of ether oxygens (including phenoxy) is 1. The van der Waals surface area contributed by atoms with Gasteiger partial charge in [0.15, 0.2) is 6.61 Å². The zero-order chi connectivity index (χ0) is 16.4. The Labute approximate surface area is 127 Å². The summed E-state index contributed by atoms with van der Waals surface area (Å²) in [6.45, 7) is -0.788. The molecule has 0 aliphatic carbocycles. The van der Waals surface area contributed by atoms with Gasteiger partial charge in [0.05, 0.1) is 10.9 Å². The van der Waals surface area contributed by atoms with Gasteiger partial charge in [0, 0.05) is 23.9 Å². The normalized spacial score (nSPS) is 11.1. The molecule has 0 atom stereocenters. The molecule has 2 aromatic heterocycles. The van der Waals surface area contributed by atoms with E-state index in [9.17, 15) is 18.0 Å². The topological polar surface area (TPSA) is 67.9 Å². The number of rotatable bonds is 4. The van der Waals surface area contributed by atoms with Crippen LogP contribution in [0.25, 0.3) is 22.3 Å². The molecule has 0 radical (unpaired) electrons. The number of hydrogen-bond donors (Lipinski definition) is 1. The minimum Gasteiger partial charge on any atom is -0.472 e. The lowest BCUT2D eigenvalue weighted by atomic mass is 10.2. The zero-order valence-electron chi connectivity index (χ0n) is 11.6. The molecule has 0 fully saturated rings. The van der Waals surface area contributed by atoms with Crippen LogP contribution in [-0.2, 0) is 0 Å². The summed E-state index contributed by atoms with van der Waals surface area (Å²) in [5, 5.41) is 0.248. The lowest BCUT2D eigenvalue weighted by molar-refractivity contribution is 0.0796. The van der Waals surface area contributed by atoms with Gasteiger partial charge in [-0.1, -0.05) is 0 Å². The molecule has 0 spiro atoms. The molecule has 0 bridgehead atoms. The Hall–Kier alpha value is -2.90. The second kappa shape index (κ2) is 6.07. The molecule has 8 heteroatoms. The summed E-state index contributed by atoms with van der Waals surface area (Å²) in [5.41, 5.74) is 0.167. The van der Waals surface area contributed by atoms with Gasteiger partial charge in [-0.05, 0) is 18.2 Å². The highest BCUT2D eigenvalue weighted by molar-refractivity contribution is 5.79. The van der Waals surface area contributed by atoms with E-state index in [0.717, 1.165) is 6.07 Å². The van der Waals surface area contributed by atoms with E-state index in [1.165, 1.54) is 30.5 Å². The Bertz CT molecular complexity index is 912. The van der Waals surface area contributed by atoms with Crippen LogP contribution in [-0.4, -0.2) is 28.0 Å². The highest BCUT2D eigenvalue weighted by Gasteiger charge is 2.09. The Kier molecular flexibility index (Phi) is 3.96. The Morgan fingerprint density at radius 2 is 2.04 bits per heavy atom. The summed E-state index contributed by atoms with van der Waals surface area (Å²) in [6.07, 6.45) is -1.28. The predicted octanol–water partition coefficient (Wildman–Crippen LogP) is 2.77. The third-order valence-electron chi connectivity index (χ3n) is 3.03. The lowest BCUT2D eigenvalue weighted by Gasteiger charge is -2.07. The number of benzene rings is 1. The average molecular weight is 321 g/mol. The van der Waals surface area contributed by atoms with Gasteiger partial charge >= 0.3 is 0 Å².